The molecule has 0 aliphatic heterocycles. The number of rotatable bonds is 2. The first-order valence-corrected chi connectivity index (χ1v) is 14.0. The van der Waals surface area contributed by atoms with Crippen molar-refractivity contribution in [3.8, 4) is 0 Å². The summed E-state index contributed by atoms with van der Waals surface area (Å²) >= 11 is 0. The van der Waals surface area contributed by atoms with E-state index in [1.165, 1.54) is 7.11 Å². The summed E-state index contributed by atoms with van der Waals surface area (Å²) in [6.07, 6.45) is 6.47. The second-order valence-corrected chi connectivity index (χ2v) is 14.2. The monoisotopic (exact) mass is 528 g/mol. The van der Waals surface area contributed by atoms with E-state index in [2.05, 4.69) is 20.8 Å². The van der Waals surface area contributed by atoms with Gasteiger partial charge in [0.1, 0.15) is 6.33 Å². The quantitative estimate of drug-likeness (QED) is 0.310. The lowest BCUT2D eigenvalue weighted by Gasteiger charge is -2.65. The van der Waals surface area contributed by atoms with E-state index >= 15 is 0 Å². The molecule has 38 heavy (non-hydrogen) atoms. The van der Waals surface area contributed by atoms with Gasteiger partial charge < -0.3 is 9.84 Å². The Kier molecular flexibility index (Phi) is 6.08. The number of carbonyl (C=O) groups excluding carboxylic acids is 4. The molecule has 0 heterocycles. The number of hydrogen-bond acceptors (Lipinski definition) is 6. The Hall–Kier alpha value is -2.15. The van der Waals surface area contributed by atoms with Gasteiger partial charge in [-0.25, -0.2) is 4.39 Å². The molecule has 4 saturated carbocycles. The van der Waals surface area contributed by atoms with Crippen LogP contribution in [0.4, 0.5) is 4.39 Å². The van der Waals surface area contributed by atoms with Gasteiger partial charge in [0.25, 0.3) is 0 Å². The number of aliphatic hydroxyl groups is 1. The Morgan fingerprint density at radius 2 is 1.71 bits per heavy atom. The molecule has 0 unspecified atom stereocenters. The Labute approximate surface area is 224 Å². The molecule has 0 saturated heterocycles. The first-order chi connectivity index (χ1) is 17.7. The zero-order valence-corrected chi connectivity index (χ0v) is 23.5. The van der Waals surface area contributed by atoms with Crippen LogP contribution in [0.1, 0.15) is 79.6 Å². The van der Waals surface area contributed by atoms with Gasteiger partial charge in [0, 0.05) is 5.92 Å². The van der Waals surface area contributed by atoms with E-state index in [9.17, 15) is 28.7 Å². The van der Waals surface area contributed by atoms with Crippen LogP contribution in [0, 0.1) is 50.7 Å². The Balaban J connectivity index is 1.67. The van der Waals surface area contributed by atoms with E-state index < -0.39 is 51.3 Å². The van der Waals surface area contributed by atoms with Crippen LogP contribution in [0.5, 0.6) is 0 Å². The van der Waals surface area contributed by atoms with E-state index in [4.69, 9.17) is 4.74 Å². The average Bonchev–Trinajstić information content (AvgIpc) is 2.87. The summed E-state index contributed by atoms with van der Waals surface area (Å²) in [5.41, 5.74) is -3.62. The molecule has 7 heteroatoms. The maximum Gasteiger partial charge on any atom is 0.312 e. The van der Waals surface area contributed by atoms with Gasteiger partial charge in [-0.1, -0.05) is 20.8 Å². The van der Waals surface area contributed by atoms with E-state index in [0.29, 0.717) is 37.7 Å². The van der Waals surface area contributed by atoms with Crippen LogP contribution < -0.4 is 0 Å². The largest absolute Gasteiger partial charge is 0.469 e. The van der Waals surface area contributed by atoms with Gasteiger partial charge in [0.2, 0.25) is 0 Å². The van der Waals surface area contributed by atoms with E-state index in [1.807, 2.05) is 0 Å². The highest BCUT2D eigenvalue weighted by Gasteiger charge is 2.70. The molecule has 0 aromatic heterocycles. The smallest absolute Gasteiger partial charge is 0.312 e. The fourth-order valence-corrected chi connectivity index (χ4v) is 9.86. The third kappa shape index (κ3) is 3.20. The van der Waals surface area contributed by atoms with Crippen molar-refractivity contribution in [2.45, 2.75) is 79.6 Å². The minimum absolute atomic E-state index is 0.0161. The van der Waals surface area contributed by atoms with Gasteiger partial charge in [0.05, 0.1) is 35.5 Å². The minimum atomic E-state index is -1.31. The van der Waals surface area contributed by atoms with Crippen LogP contribution in [-0.4, -0.2) is 42.1 Å². The van der Waals surface area contributed by atoms with Gasteiger partial charge in [-0.15, -0.1) is 0 Å². The summed E-state index contributed by atoms with van der Waals surface area (Å²) in [6, 6.07) is 0. The average molecular weight is 529 g/mol. The van der Waals surface area contributed by atoms with E-state index in [0.717, 1.165) is 12.8 Å². The third-order valence-corrected chi connectivity index (χ3v) is 12.0. The fourth-order valence-electron chi connectivity index (χ4n) is 9.86. The zero-order valence-electron chi connectivity index (χ0n) is 23.5. The number of esters is 1. The van der Waals surface area contributed by atoms with Crippen LogP contribution in [-0.2, 0) is 23.9 Å². The number of ether oxygens (including phenoxy) is 1. The van der Waals surface area contributed by atoms with Crippen LogP contribution in [0.2, 0.25) is 0 Å². The molecular formula is C31H41FO6. The van der Waals surface area contributed by atoms with Gasteiger partial charge in [-0.05, 0) is 99.0 Å². The van der Waals surface area contributed by atoms with Crippen molar-refractivity contribution in [3.63, 3.8) is 0 Å². The number of allylic oxidation sites excluding steroid dienone is 3. The Bertz CT molecular complexity index is 1180. The summed E-state index contributed by atoms with van der Waals surface area (Å²) in [5, 5.41) is 10.3. The number of Topliss-reactive ketones (excluding diaryl/α,β-unsaturated/α-hetero) is 2. The highest BCUT2D eigenvalue weighted by atomic mass is 19.1. The number of ketones is 3. The van der Waals surface area contributed by atoms with Gasteiger partial charge in [-0.2, -0.15) is 0 Å². The van der Waals surface area contributed by atoms with Crippen molar-refractivity contribution in [1.29, 1.82) is 0 Å². The van der Waals surface area contributed by atoms with Crippen LogP contribution >= 0.6 is 0 Å². The van der Waals surface area contributed by atoms with E-state index in [1.54, 1.807) is 19.9 Å². The second kappa shape index (κ2) is 8.42. The molecule has 1 N–H and O–H groups in total. The topological polar surface area (TPSA) is 97.7 Å². The third-order valence-electron chi connectivity index (χ3n) is 12.0. The van der Waals surface area contributed by atoms with Crippen molar-refractivity contribution in [1.82, 2.24) is 0 Å². The maximum absolute atomic E-state index is 14.2. The Morgan fingerprint density at radius 3 is 2.32 bits per heavy atom. The summed E-state index contributed by atoms with van der Waals surface area (Å²) in [5.74, 6) is -2.77. The molecule has 0 spiro atoms. The second-order valence-electron chi connectivity index (χ2n) is 14.2. The highest BCUT2D eigenvalue weighted by Crippen LogP contribution is 2.70. The van der Waals surface area contributed by atoms with Crippen LogP contribution in [0.25, 0.3) is 0 Å². The van der Waals surface area contributed by atoms with Gasteiger partial charge in [-0.3, -0.25) is 19.2 Å². The van der Waals surface area contributed by atoms with Crippen molar-refractivity contribution < 1.29 is 33.4 Å². The molecule has 8 atom stereocenters. The molecule has 0 aromatic carbocycles. The standard InChI is InChI=1S/C31H41FO6/c1-27(2)9-11-31(26(37)38-6)12-10-28(3)18-7-8-22-29(4,16-33)24(35)17(15-32)25(36)30(22,5)19(18)13-21(34)23(28)20(31)14-27/h13,15,18,20,22-23,33H,7-12,14,16H2,1-6H3/b17-15-/t18-,20+,22+,23+,28+,29-,30-,31+/m1/s1. The summed E-state index contributed by atoms with van der Waals surface area (Å²) in [6.45, 7) is 9.37. The zero-order chi connectivity index (χ0) is 28.1. The molecular weight excluding hydrogens is 487 g/mol. The first-order valence-electron chi connectivity index (χ1n) is 14.0. The predicted molar refractivity (Wildman–Crippen MR) is 138 cm³/mol. The molecule has 6 nitrogen and oxygen atoms in total. The van der Waals surface area contributed by atoms with Crippen molar-refractivity contribution in [3.05, 3.63) is 23.6 Å². The van der Waals surface area contributed by atoms with Crippen LogP contribution in [0.3, 0.4) is 0 Å². The molecule has 0 amide bonds. The first kappa shape index (κ1) is 27.4. The maximum atomic E-state index is 14.2. The predicted octanol–water partition coefficient (Wildman–Crippen LogP) is 4.93. The number of hydrogen-bond donors (Lipinski definition) is 1. The molecule has 0 bridgehead atoms. The fraction of sp³-hybridized carbons (Fsp3) is 0.742. The summed E-state index contributed by atoms with van der Waals surface area (Å²) < 4.78 is 19.4. The highest BCUT2D eigenvalue weighted by molar-refractivity contribution is 6.26. The lowest BCUT2D eigenvalue weighted by Crippen LogP contribution is -2.65. The van der Waals surface area contributed by atoms with E-state index in [-0.39, 0.29) is 41.3 Å². The molecule has 5 aliphatic carbocycles. The lowest BCUT2D eigenvalue weighted by molar-refractivity contribution is -0.184. The Morgan fingerprint density at radius 1 is 1.05 bits per heavy atom. The van der Waals surface area contributed by atoms with Gasteiger partial charge in [0.15, 0.2) is 17.3 Å². The number of methoxy groups -OCH3 is 1. The summed E-state index contributed by atoms with van der Waals surface area (Å²) in [7, 11) is 1.43. The molecule has 5 aliphatic rings. The number of aliphatic hydroxyl groups excluding tert-OH is 1. The normalized spacial score (nSPS) is 46.9. The summed E-state index contributed by atoms with van der Waals surface area (Å²) in [4.78, 5) is 54.5. The SMILES string of the molecule is COC(=O)[C@]12CCC(C)(C)C[C@H]1[C@H]1C(=O)C=C3[C@@H](CC[C@@H]4[C@]3(C)C(=O)/C(=C\F)C(=O)[C@]4(C)CO)[C@]1(C)CC2. The lowest BCUT2D eigenvalue weighted by atomic mass is 9.37. The molecule has 208 valence electrons. The molecule has 0 radical (unpaired) electrons. The van der Waals surface area contributed by atoms with Crippen molar-refractivity contribution >= 4 is 23.3 Å². The number of fused-ring (bicyclic) bond motifs is 7. The molecule has 0 aromatic rings. The van der Waals surface area contributed by atoms with Crippen molar-refractivity contribution in [2.75, 3.05) is 13.7 Å². The molecule has 5 rings (SSSR count). The number of carbonyl (C=O) groups is 4. The number of halogens is 1. The van der Waals surface area contributed by atoms with Crippen molar-refractivity contribution in [2.24, 2.45) is 50.7 Å². The van der Waals surface area contributed by atoms with Gasteiger partial charge >= 0.3 is 5.97 Å². The van der Waals surface area contributed by atoms with Crippen LogP contribution in [0.15, 0.2) is 23.6 Å². The molecule has 4 fully saturated rings. The minimum Gasteiger partial charge on any atom is -0.469 e.